The van der Waals surface area contributed by atoms with E-state index < -0.39 is 0 Å². The second-order valence-corrected chi connectivity index (χ2v) is 10.3. The van der Waals surface area contributed by atoms with Crippen LogP contribution in [0.4, 0.5) is 4.39 Å². The molecule has 0 saturated carbocycles. The lowest BCUT2D eigenvalue weighted by molar-refractivity contribution is 0.521. The lowest BCUT2D eigenvalue weighted by Crippen LogP contribution is -2.16. The van der Waals surface area contributed by atoms with Crippen molar-refractivity contribution in [2.75, 3.05) is 0 Å². The van der Waals surface area contributed by atoms with Gasteiger partial charge in [0.05, 0.1) is 0 Å². The van der Waals surface area contributed by atoms with Gasteiger partial charge in [0, 0.05) is 35.8 Å². The molecule has 0 radical (unpaired) electrons. The van der Waals surface area contributed by atoms with E-state index in [1.54, 1.807) is 6.07 Å². The molecule has 0 bridgehead atoms. The summed E-state index contributed by atoms with van der Waals surface area (Å²) in [7, 11) is 0. The zero-order valence-electron chi connectivity index (χ0n) is 20.9. The molecule has 0 amide bonds. The minimum Gasteiger partial charge on any atom is -0.381 e. The van der Waals surface area contributed by atoms with Gasteiger partial charge in [-0.05, 0) is 70.2 Å². The van der Waals surface area contributed by atoms with E-state index in [1.807, 2.05) is 45.3 Å². The molecule has 1 N–H and O–H groups in total. The predicted octanol–water partition coefficient (Wildman–Crippen LogP) is 7.71. The third-order valence-electron chi connectivity index (χ3n) is 6.01. The van der Waals surface area contributed by atoms with Crippen molar-refractivity contribution < 1.29 is 4.39 Å². The third-order valence-corrected chi connectivity index (χ3v) is 6.01. The number of nitrogens with zero attached hydrogens (tertiary/aromatic N) is 1. The highest BCUT2D eigenvalue weighted by Crippen LogP contribution is 2.30. The van der Waals surface area contributed by atoms with Crippen molar-refractivity contribution in [2.45, 2.75) is 66.3 Å². The first-order valence-corrected chi connectivity index (χ1v) is 11.9. The first kappa shape index (κ1) is 24.7. The molecule has 1 heterocycles. The number of aryl methyl sites for hydroxylation is 1. The maximum absolute atomic E-state index is 14.7. The zero-order chi connectivity index (χ0) is 24.2. The fourth-order valence-corrected chi connectivity index (χ4v) is 4.22. The molecule has 0 aliphatic heterocycles. The van der Waals surface area contributed by atoms with Crippen molar-refractivity contribution in [2.24, 2.45) is 5.92 Å². The molecule has 3 aromatic rings. The molecular weight excluding hydrogens is 407 g/mol. The van der Waals surface area contributed by atoms with Gasteiger partial charge in [-0.15, -0.1) is 0 Å². The average Bonchev–Trinajstić information content (AvgIpc) is 2.76. The van der Waals surface area contributed by atoms with Gasteiger partial charge in [-0.3, -0.25) is 4.98 Å². The van der Waals surface area contributed by atoms with Crippen molar-refractivity contribution in [3.63, 3.8) is 0 Å². The van der Waals surface area contributed by atoms with Gasteiger partial charge < -0.3 is 5.32 Å². The Kier molecular flexibility index (Phi) is 7.73. The van der Waals surface area contributed by atoms with E-state index in [0.717, 1.165) is 46.4 Å². The van der Waals surface area contributed by atoms with Crippen LogP contribution in [0.25, 0.3) is 16.8 Å². The summed E-state index contributed by atoms with van der Waals surface area (Å²) in [5, 5.41) is 3.44. The maximum atomic E-state index is 14.7. The molecule has 0 spiro atoms. The van der Waals surface area contributed by atoms with Gasteiger partial charge in [0.25, 0.3) is 0 Å². The first-order valence-electron chi connectivity index (χ1n) is 11.9. The Morgan fingerprint density at radius 3 is 2.45 bits per heavy atom. The summed E-state index contributed by atoms with van der Waals surface area (Å²) in [6.45, 7) is 17.6. The Labute approximate surface area is 199 Å². The molecule has 0 saturated heterocycles. The average molecular weight is 445 g/mol. The van der Waals surface area contributed by atoms with E-state index in [-0.39, 0.29) is 11.2 Å². The zero-order valence-corrected chi connectivity index (χ0v) is 20.9. The summed E-state index contributed by atoms with van der Waals surface area (Å²) in [6, 6.07) is 14.2. The second-order valence-electron chi connectivity index (χ2n) is 10.3. The second kappa shape index (κ2) is 10.3. The summed E-state index contributed by atoms with van der Waals surface area (Å²) in [6.07, 6.45) is 5.71. The van der Waals surface area contributed by atoms with Crippen molar-refractivity contribution in [1.82, 2.24) is 10.3 Å². The topological polar surface area (TPSA) is 24.9 Å². The molecule has 174 valence electrons. The Balaban J connectivity index is 1.88. The molecule has 3 heteroatoms. The van der Waals surface area contributed by atoms with Crippen LogP contribution < -0.4 is 5.32 Å². The van der Waals surface area contributed by atoms with Crippen LogP contribution >= 0.6 is 0 Å². The molecule has 3 rings (SSSR count). The first-order chi connectivity index (χ1) is 15.6. The van der Waals surface area contributed by atoms with Crippen molar-refractivity contribution >= 4 is 5.70 Å². The number of benzene rings is 2. The Morgan fingerprint density at radius 1 is 1.06 bits per heavy atom. The summed E-state index contributed by atoms with van der Waals surface area (Å²) < 4.78 is 14.7. The van der Waals surface area contributed by atoms with Gasteiger partial charge in [-0.25, -0.2) is 4.39 Å². The third kappa shape index (κ3) is 6.10. The highest BCUT2D eigenvalue weighted by atomic mass is 19.1. The molecule has 2 nitrogen and oxygen atoms in total. The maximum Gasteiger partial charge on any atom is 0.127 e. The minimum atomic E-state index is -0.213. The number of halogens is 1. The standard InChI is InChI=1S/C30H37FN2/c1-8-23-13-14-32-19-27(23)25-11-10-24(15-20(2)3)26(17-25)21(4)33-18-22-9-12-28(29(31)16-22)30(5,6)7/h9-14,16-17,19-20,33H,4,8,15,18H2,1-3,5-7H3. The van der Waals surface area contributed by atoms with Crippen LogP contribution in [0.3, 0.4) is 0 Å². The quantitative estimate of drug-likeness (QED) is 0.385. The van der Waals surface area contributed by atoms with Gasteiger partial charge in [-0.1, -0.05) is 72.4 Å². The van der Waals surface area contributed by atoms with Crippen LogP contribution in [0.2, 0.25) is 0 Å². The fourth-order valence-electron chi connectivity index (χ4n) is 4.22. The summed E-state index contributed by atoms with van der Waals surface area (Å²) in [4.78, 5) is 4.35. The highest BCUT2D eigenvalue weighted by Gasteiger charge is 2.18. The fraction of sp³-hybridized carbons (Fsp3) is 0.367. The van der Waals surface area contributed by atoms with Crippen LogP contribution in [0, 0.1) is 11.7 Å². The highest BCUT2D eigenvalue weighted by molar-refractivity contribution is 5.74. The molecular formula is C30H37FN2. The van der Waals surface area contributed by atoms with Crippen molar-refractivity contribution in [3.8, 4) is 11.1 Å². The van der Waals surface area contributed by atoms with Gasteiger partial charge in [0.1, 0.15) is 5.82 Å². The van der Waals surface area contributed by atoms with Crippen LogP contribution in [0.15, 0.2) is 61.4 Å². The van der Waals surface area contributed by atoms with Gasteiger partial charge in [0.2, 0.25) is 0 Å². The molecule has 0 atom stereocenters. The van der Waals surface area contributed by atoms with Crippen molar-refractivity contribution in [1.29, 1.82) is 0 Å². The van der Waals surface area contributed by atoms with Crippen LogP contribution in [-0.4, -0.2) is 4.98 Å². The molecule has 0 aliphatic carbocycles. The number of hydrogen-bond acceptors (Lipinski definition) is 2. The predicted molar refractivity (Wildman–Crippen MR) is 139 cm³/mol. The summed E-state index contributed by atoms with van der Waals surface area (Å²) >= 11 is 0. The largest absolute Gasteiger partial charge is 0.381 e. The van der Waals surface area contributed by atoms with Crippen LogP contribution in [0.5, 0.6) is 0 Å². The molecule has 33 heavy (non-hydrogen) atoms. The summed E-state index contributed by atoms with van der Waals surface area (Å²) in [5.41, 5.74) is 8.24. The van der Waals surface area contributed by atoms with E-state index >= 15 is 0 Å². The lowest BCUT2D eigenvalue weighted by atomic mass is 9.86. The van der Waals surface area contributed by atoms with E-state index in [2.05, 4.69) is 61.9 Å². The molecule has 0 fully saturated rings. The summed E-state index contributed by atoms with van der Waals surface area (Å²) in [5.74, 6) is 0.379. The number of rotatable bonds is 8. The number of aromatic nitrogens is 1. The van der Waals surface area contributed by atoms with Gasteiger partial charge in [-0.2, -0.15) is 0 Å². The number of nitrogens with one attached hydrogen (secondary N) is 1. The number of pyridine rings is 1. The smallest absolute Gasteiger partial charge is 0.127 e. The van der Waals surface area contributed by atoms with E-state index in [1.165, 1.54) is 11.1 Å². The van der Waals surface area contributed by atoms with Crippen LogP contribution in [0.1, 0.15) is 69.4 Å². The molecule has 2 aromatic carbocycles. The van der Waals surface area contributed by atoms with E-state index in [0.29, 0.717) is 12.5 Å². The molecule has 0 aliphatic rings. The lowest BCUT2D eigenvalue weighted by Gasteiger charge is -2.21. The normalized spacial score (nSPS) is 11.6. The van der Waals surface area contributed by atoms with Gasteiger partial charge in [0.15, 0.2) is 0 Å². The molecule has 1 aromatic heterocycles. The number of hydrogen-bond donors (Lipinski definition) is 1. The Hall–Kier alpha value is -2.94. The Bertz CT molecular complexity index is 1120. The van der Waals surface area contributed by atoms with Gasteiger partial charge >= 0.3 is 0 Å². The van der Waals surface area contributed by atoms with Crippen molar-refractivity contribution in [3.05, 3.63) is 95.1 Å². The van der Waals surface area contributed by atoms with Crippen LogP contribution in [-0.2, 0) is 24.8 Å². The van der Waals surface area contributed by atoms with E-state index in [9.17, 15) is 4.39 Å². The SMILES string of the molecule is C=C(NCc1ccc(C(C)(C)C)c(F)c1)c1cc(-c2cnccc2CC)ccc1CC(C)C. The minimum absolute atomic E-state index is 0.154. The van der Waals surface area contributed by atoms with E-state index in [4.69, 9.17) is 0 Å². The monoisotopic (exact) mass is 444 g/mol. The molecule has 0 unspecified atom stereocenters. The Morgan fingerprint density at radius 2 is 1.82 bits per heavy atom.